The summed E-state index contributed by atoms with van der Waals surface area (Å²) in [5.41, 5.74) is 2.01. The molecule has 0 bridgehead atoms. The first-order valence-corrected chi connectivity index (χ1v) is 9.94. The van der Waals surface area contributed by atoms with E-state index in [-0.39, 0.29) is 30.0 Å². The molecule has 3 rings (SSSR count). The number of benzene rings is 2. The van der Waals surface area contributed by atoms with Crippen molar-refractivity contribution in [3.05, 3.63) is 54.1 Å². The molecule has 1 unspecified atom stereocenters. The Labute approximate surface area is 199 Å². The number of ether oxygens (including phenoxy) is 2. The van der Waals surface area contributed by atoms with Crippen molar-refractivity contribution in [2.75, 3.05) is 38.8 Å². The third kappa shape index (κ3) is 7.41. The van der Waals surface area contributed by atoms with Gasteiger partial charge in [0.25, 0.3) is 6.43 Å². The van der Waals surface area contributed by atoms with Crippen LogP contribution in [-0.2, 0) is 6.54 Å². The Kier molecular flexibility index (Phi) is 10.1. The van der Waals surface area contributed by atoms with Gasteiger partial charge >= 0.3 is 0 Å². The number of anilines is 1. The van der Waals surface area contributed by atoms with Gasteiger partial charge in [-0.3, -0.25) is 4.99 Å². The topological polar surface area (TPSA) is 58.1 Å². The van der Waals surface area contributed by atoms with Crippen LogP contribution >= 0.6 is 24.0 Å². The van der Waals surface area contributed by atoms with Crippen LogP contribution in [0.15, 0.2) is 53.5 Å². The van der Waals surface area contributed by atoms with Crippen LogP contribution in [0.4, 0.5) is 14.5 Å². The molecule has 2 N–H and O–H groups in total. The van der Waals surface area contributed by atoms with Crippen molar-refractivity contribution in [2.45, 2.75) is 25.4 Å². The summed E-state index contributed by atoms with van der Waals surface area (Å²) in [6, 6.07) is 15.4. The molecule has 0 amide bonds. The number of nitrogens with zero attached hydrogens (tertiary/aromatic N) is 2. The van der Waals surface area contributed by atoms with Gasteiger partial charge in [0.2, 0.25) is 0 Å². The minimum absolute atomic E-state index is 0. The minimum Gasteiger partial charge on any atom is -0.495 e. The molecule has 1 saturated heterocycles. The first-order chi connectivity index (χ1) is 14.6. The lowest BCUT2D eigenvalue weighted by Crippen LogP contribution is -2.44. The monoisotopic (exact) mass is 546 g/mol. The number of methoxy groups -OCH3 is 1. The first-order valence-electron chi connectivity index (χ1n) is 9.94. The summed E-state index contributed by atoms with van der Waals surface area (Å²) in [6.07, 6.45) is -1.51. The van der Waals surface area contributed by atoms with E-state index in [0.717, 1.165) is 36.5 Å². The summed E-state index contributed by atoms with van der Waals surface area (Å²) in [5, 5.41) is 6.73. The molecular formula is C22H29F2IN4O2. The molecule has 31 heavy (non-hydrogen) atoms. The van der Waals surface area contributed by atoms with Gasteiger partial charge in [-0.1, -0.05) is 24.3 Å². The van der Waals surface area contributed by atoms with E-state index in [9.17, 15) is 8.78 Å². The smallest absolute Gasteiger partial charge is 0.272 e. The van der Waals surface area contributed by atoms with Gasteiger partial charge in [0.05, 0.1) is 12.8 Å². The fraction of sp³-hybridized carbons (Fsp3) is 0.409. The number of hydrogen-bond acceptors (Lipinski definition) is 4. The van der Waals surface area contributed by atoms with Crippen molar-refractivity contribution in [2.24, 2.45) is 4.99 Å². The van der Waals surface area contributed by atoms with E-state index in [1.54, 1.807) is 32.4 Å². The summed E-state index contributed by atoms with van der Waals surface area (Å²) in [4.78, 5) is 6.60. The lowest BCUT2D eigenvalue weighted by atomic mass is 10.2. The molecule has 6 nitrogen and oxygen atoms in total. The molecule has 0 aromatic heterocycles. The zero-order valence-electron chi connectivity index (χ0n) is 17.7. The van der Waals surface area contributed by atoms with Gasteiger partial charge in [-0.15, -0.1) is 24.0 Å². The second-order valence-electron chi connectivity index (χ2n) is 7.02. The van der Waals surface area contributed by atoms with Crippen LogP contribution in [0.2, 0.25) is 0 Å². The number of halogens is 3. The molecular weight excluding hydrogens is 517 g/mol. The van der Waals surface area contributed by atoms with E-state index < -0.39 is 13.0 Å². The predicted molar refractivity (Wildman–Crippen MR) is 130 cm³/mol. The van der Waals surface area contributed by atoms with Crippen molar-refractivity contribution >= 4 is 35.6 Å². The number of para-hydroxylation sites is 2. The number of hydrogen-bond donors (Lipinski definition) is 2. The third-order valence-electron chi connectivity index (χ3n) is 4.91. The predicted octanol–water partition coefficient (Wildman–Crippen LogP) is 3.90. The lowest BCUT2D eigenvalue weighted by Gasteiger charge is -2.22. The van der Waals surface area contributed by atoms with Crippen LogP contribution in [0.1, 0.15) is 12.0 Å². The van der Waals surface area contributed by atoms with Gasteiger partial charge in [0.1, 0.15) is 18.1 Å². The van der Waals surface area contributed by atoms with E-state index in [1.165, 1.54) is 0 Å². The molecule has 2 aromatic carbocycles. The summed E-state index contributed by atoms with van der Waals surface area (Å²) < 4.78 is 35.2. The molecule has 0 radical (unpaired) electrons. The van der Waals surface area contributed by atoms with Crippen molar-refractivity contribution < 1.29 is 18.3 Å². The summed E-state index contributed by atoms with van der Waals surface area (Å²) in [6.45, 7) is 1.68. The summed E-state index contributed by atoms with van der Waals surface area (Å²) >= 11 is 0. The maximum absolute atomic E-state index is 12.3. The standard InChI is InChI=1S/C22H28F2N4O2.HI/c1-25-22(26-13-16-6-5-7-18(12-16)30-15-21(23)24)27-17-10-11-28(14-17)19-8-3-4-9-20(19)29-2;/h3-9,12,17,21H,10-11,13-15H2,1-2H3,(H2,25,26,27);1H. The molecule has 170 valence electrons. The van der Waals surface area contributed by atoms with Gasteiger partial charge in [-0.25, -0.2) is 8.78 Å². The summed E-state index contributed by atoms with van der Waals surface area (Å²) in [7, 11) is 3.41. The van der Waals surface area contributed by atoms with Crippen LogP contribution in [0.3, 0.4) is 0 Å². The van der Waals surface area contributed by atoms with Gasteiger partial charge in [0, 0.05) is 32.7 Å². The molecule has 1 atom stereocenters. The van der Waals surface area contributed by atoms with E-state index in [2.05, 4.69) is 26.6 Å². The van der Waals surface area contributed by atoms with E-state index in [4.69, 9.17) is 9.47 Å². The van der Waals surface area contributed by atoms with Crippen LogP contribution in [0.25, 0.3) is 0 Å². The Balaban J connectivity index is 0.00000341. The Morgan fingerprint density at radius 3 is 2.77 bits per heavy atom. The molecule has 1 aliphatic heterocycles. The van der Waals surface area contributed by atoms with Crippen molar-refractivity contribution in [3.63, 3.8) is 0 Å². The lowest BCUT2D eigenvalue weighted by molar-refractivity contribution is 0.0818. The normalized spacial score (nSPS) is 16.1. The minimum atomic E-state index is -2.49. The van der Waals surface area contributed by atoms with Gasteiger partial charge in [-0.2, -0.15) is 0 Å². The average molecular weight is 546 g/mol. The van der Waals surface area contributed by atoms with Gasteiger partial charge in [-0.05, 0) is 36.2 Å². The molecule has 9 heteroatoms. The zero-order valence-corrected chi connectivity index (χ0v) is 20.0. The number of guanidine groups is 1. The van der Waals surface area contributed by atoms with Crippen molar-refractivity contribution in [1.82, 2.24) is 10.6 Å². The van der Waals surface area contributed by atoms with E-state index in [0.29, 0.717) is 18.3 Å². The van der Waals surface area contributed by atoms with Crippen molar-refractivity contribution in [3.8, 4) is 11.5 Å². The SMILES string of the molecule is CN=C(NCc1cccc(OCC(F)F)c1)NC1CCN(c2ccccc2OC)C1.I. The van der Waals surface area contributed by atoms with Gasteiger partial charge in [0.15, 0.2) is 5.96 Å². The Morgan fingerprint density at radius 1 is 1.23 bits per heavy atom. The van der Waals surface area contributed by atoms with Gasteiger partial charge < -0.3 is 25.0 Å². The highest BCUT2D eigenvalue weighted by Crippen LogP contribution is 2.30. The van der Waals surface area contributed by atoms with Crippen LogP contribution in [0.5, 0.6) is 11.5 Å². The maximum Gasteiger partial charge on any atom is 0.272 e. The molecule has 0 aliphatic carbocycles. The molecule has 1 heterocycles. The second kappa shape index (κ2) is 12.5. The largest absolute Gasteiger partial charge is 0.495 e. The average Bonchev–Trinajstić information content (AvgIpc) is 3.23. The highest BCUT2D eigenvalue weighted by Gasteiger charge is 2.25. The highest BCUT2D eigenvalue weighted by atomic mass is 127. The second-order valence-corrected chi connectivity index (χ2v) is 7.02. The van der Waals surface area contributed by atoms with Crippen LogP contribution in [-0.4, -0.2) is 52.3 Å². The first kappa shape index (κ1) is 25.0. The zero-order chi connectivity index (χ0) is 21.3. The molecule has 1 fully saturated rings. The van der Waals surface area contributed by atoms with E-state index >= 15 is 0 Å². The number of nitrogens with one attached hydrogen (secondary N) is 2. The fourth-order valence-corrected chi connectivity index (χ4v) is 3.47. The van der Waals surface area contributed by atoms with Crippen molar-refractivity contribution in [1.29, 1.82) is 0 Å². The molecule has 2 aromatic rings. The summed E-state index contributed by atoms with van der Waals surface area (Å²) in [5.74, 6) is 2.00. The number of alkyl halides is 2. The third-order valence-corrected chi connectivity index (χ3v) is 4.91. The highest BCUT2D eigenvalue weighted by molar-refractivity contribution is 14.0. The molecule has 1 aliphatic rings. The van der Waals surface area contributed by atoms with Crippen LogP contribution < -0.4 is 25.0 Å². The van der Waals surface area contributed by atoms with Crippen LogP contribution in [0, 0.1) is 0 Å². The maximum atomic E-state index is 12.3. The number of aliphatic imine (C=N–C) groups is 1. The Morgan fingerprint density at radius 2 is 2.03 bits per heavy atom. The Bertz CT molecular complexity index is 854. The molecule has 0 spiro atoms. The quantitative estimate of drug-likeness (QED) is 0.299. The fourth-order valence-electron chi connectivity index (χ4n) is 3.47. The number of rotatable bonds is 8. The Hall–Kier alpha value is -2.30. The van der Waals surface area contributed by atoms with E-state index in [1.807, 2.05) is 24.3 Å². The molecule has 0 saturated carbocycles.